The molecule has 2 aromatic rings. The fraction of sp³-hybridized carbons (Fsp3) is 0.300. The fourth-order valence-corrected chi connectivity index (χ4v) is 3.89. The van der Waals surface area contributed by atoms with E-state index in [4.69, 9.17) is 0 Å². The molecule has 6 heteroatoms. The van der Waals surface area contributed by atoms with E-state index >= 15 is 0 Å². The predicted molar refractivity (Wildman–Crippen MR) is 96.1 cm³/mol. The van der Waals surface area contributed by atoms with E-state index in [1.165, 1.54) is 22.6 Å². The summed E-state index contributed by atoms with van der Waals surface area (Å²) in [7, 11) is 0. The molecule has 0 atom stereocenters. The molecule has 1 N–H and O–H groups in total. The number of carbonyl (C=O) groups excluding carboxylic acids is 2. The number of rotatable bonds is 3. The van der Waals surface area contributed by atoms with E-state index in [9.17, 15) is 14.0 Å². The first-order valence-electron chi connectivity index (χ1n) is 8.76. The second-order valence-corrected chi connectivity index (χ2v) is 6.86. The first-order chi connectivity index (χ1) is 12.6. The molecule has 3 amide bonds. The van der Waals surface area contributed by atoms with Gasteiger partial charge in [-0.1, -0.05) is 30.3 Å². The van der Waals surface area contributed by atoms with Crippen molar-refractivity contribution < 1.29 is 14.0 Å². The minimum absolute atomic E-state index is 0.258. The summed E-state index contributed by atoms with van der Waals surface area (Å²) in [5.74, 6) is -0.627. The van der Waals surface area contributed by atoms with Crippen molar-refractivity contribution in [3.8, 4) is 0 Å². The normalized spacial score (nSPS) is 19.8. The number of carbonyl (C=O) groups is 2. The van der Waals surface area contributed by atoms with Crippen LogP contribution in [0, 0.1) is 5.82 Å². The van der Waals surface area contributed by atoms with Crippen LogP contribution >= 0.6 is 0 Å². The topological polar surface area (TPSA) is 52.7 Å². The van der Waals surface area contributed by atoms with Crippen LogP contribution in [0.2, 0.25) is 0 Å². The molecule has 5 nitrogen and oxygen atoms in total. The predicted octanol–water partition coefficient (Wildman–Crippen LogP) is 2.92. The SMILES string of the molecule is O=C1NC(=O)C2(CCN(Cc3ccccc3)CC2)N1c1ccc(F)cc1. The summed E-state index contributed by atoms with van der Waals surface area (Å²) in [6.07, 6.45) is 1.10. The van der Waals surface area contributed by atoms with Crippen LogP contribution in [0.1, 0.15) is 18.4 Å². The summed E-state index contributed by atoms with van der Waals surface area (Å²) < 4.78 is 13.2. The molecular weight excluding hydrogens is 333 g/mol. The molecule has 2 fully saturated rings. The number of imide groups is 1. The van der Waals surface area contributed by atoms with Crippen LogP contribution in [-0.2, 0) is 11.3 Å². The van der Waals surface area contributed by atoms with E-state index in [0.717, 1.165) is 6.54 Å². The number of amides is 3. The molecule has 1 spiro atoms. The van der Waals surface area contributed by atoms with E-state index in [1.807, 2.05) is 18.2 Å². The Kier molecular flexibility index (Phi) is 4.20. The smallest absolute Gasteiger partial charge is 0.299 e. The molecule has 0 aliphatic carbocycles. The monoisotopic (exact) mass is 353 g/mol. The number of nitrogens with zero attached hydrogens (tertiary/aromatic N) is 2. The van der Waals surface area contributed by atoms with Gasteiger partial charge in [-0.05, 0) is 42.7 Å². The van der Waals surface area contributed by atoms with Gasteiger partial charge in [0.05, 0.1) is 0 Å². The van der Waals surface area contributed by atoms with E-state index in [-0.39, 0.29) is 11.7 Å². The zero-order valence-electron chi connectivity index (χ0n) is 14.3. The van der Waals surface area contributed by atoms with Crippen molar-refractivity contribution in [2.75, 3.05) is 18.0 Å². The Hall–Kier alpha value is -2.73. The molecule has 134 valence electrons. The van der Waals surface area contributed by atoms with Crippen molar-refractivity contribution >= 4 is 17.6 Å². The number of hydrogen-bond acceptors (Lipinski definition) is 3. The summed E-state index contributed by atoms with van der Waals surface area (Å²) >= 11 is 0. The zero-order valence-corrected chi connectivity index (χ0v) is 14.3. The standard InChI is InChI=1S/C20H20FN3O2/c21-16-6-8-17(9-7-16)24-19(26)22-18(25)20(24)10-12-23(13-11-20)14-15-4-2-1-3-5-15/h1-9H,10-14H2,(H,22,25,26). The van der Waals surface area contributed by atoms with Crippen LogP contribution < -0.4 is 10.2 Å². The van der Waals surface area contributed by atoms with Crippen molar-refractivity contribution in [3.05, 3.63) is 66.0 Å². The Labute approximate surface area is 151 Å². The summed E-state index contributed by atoms with van der Waals surface area (Å²) in [6, 6.07) is 15.5. The highest BCUT2D eigenvalue weighted by Crippen LogP contribution is 2.37. The molecule has 0 aromatic heterocycles. The second kappa shape index (κ2) is 6.53. The van der Waals surface area contributed by atoms with Gasteiger partial charge in [-0.3, -0.25) is 19.9 Å². The van der Waals surface area contributed by atoms with Gasteiger partial charge in [0.15, 0.2) is 0 Å². The highest BCUT2D eigenvalue weighted by Gasteiger charge is 2.54. The van der Waals surface area contributed by atoms with E-state index in [2.05, 4.69) is 22.3 Å². The maximum Gasteiger partial charge on any atom is 0.329 e. The molecule has 0 bridgehead atoms. The maximum absolute atomic E-state index is 13.2. The number of urea groups is 1. The van der Waals surface area contributed by atoms with Gasteiger partial charge >= 0.3 is 6.03 Å². The van der Waals surface area contributed by atoms with Crippen molar-refractivity contribution in [1.82, 2.24) is 10.2 Å². The van der Waals surface area contributed by atoms with Gasteiger partial charge in [0.25, 0.3) is 5.91 Å². The molecule has 0 saturated carbocycles. The third-order valence-corrected chi connectivity index (χ3v) is 5.29. The number of piperidine rings is 1. The average molecular weight is 353 g/mol. The molecule has 2 heterocycles. The van der Waals surface area contributed by atoms with Gasteiger partial charge in [0.1, 0.15) is 11.4 Å². The average Bonchev–Trinajstić information content (AvgIpc) is 2.89. The van der Waals surface area contributed by atoms with E-state index < -0.39 is 11.6 Å². The summed E-state index contributed by atoms with van der Waals surface area (Å²) in [5.41, 5.74) is 0.888. The Morgan fingerprint density at radius 1 is 0.962 bits per heavy atom. The summed E-state index contributed by atoms with van der Waals surface area (Å²) in [4.78, 5) is 28.8. The lowest BCUT2D eigenvalue weighted by atomic mass is 9.85. The molecule has 2 aromatic carbocycles. The van der Waals surface area contributed by atoms with E-state index in [0.29, 0.717) is 31.6 Å². The molecule has 4 rings (SSSR count). The fourth-order valence-electron chi connectivity index (χ4n) is 3.89. The van der Waals surface area contributed by atoms with Gasteiger partial charge in [-0.15, -0.1) is 0 Å². The lowest BCUT2D eigenvalue weighted by Gasteiger charge is -2.42. The van der Waals surface area contributed by atoms with Gasteiger partial charge in [0.2, 0.25) is 0 Å². The molecule has 2 saturated heterocycles. The highest BCUT2D eigenvalue weighted by atomic mass is 19.1. The van der Waals surface area contributed by atoms with Crippen LogP contribution in [-0.4, -0.2) is 35.5 Å². The molecule has 2 aliphatic rings. The van der Waals surface area contributed by atoms with Crippen LogP contribution in [0.3, 0.4) is 0 Å². The van der Waals surface area contributed by atoms with Gasteiger partial charge < -0.3 is 0 Å². The number of nitrogens with one attached hydrogen (secondary N) is 1. The number of halogens is 1. The largest absolute Gasteiger partial charge is 0.329 e. The zero-order chi connectivity index (χ0) is 18.1. The maximum atomic E-state index is 13.2. The van der Waals surface area contributed by atoms with Crippen molar-refractivity contribution in [2.45, 2.75) is 24.9 Å². The molecule has 2 aliphatic heterocycles. The second-order valence-electron chi connectivity index (χ2n) is 6.86. The lowest BCUT2D eigenvalue weighted by Crippen LogP contribution is -2.56. The summed E-state index contributed by atoms with van der Waals surface area (Å²) in [6.45, 7) is 2.25. The van der Waals surface area contributed by atoms with Crippen molar-refractivity contribution in [2.24, 2.45) is 0 Å². The molecule has 26 heavy (non-hydrogen) atoms. The van der Waals surface area contributed by atoms with Crippen molar-refractivity contribution in [1.29, 1.82) is 0 Å². The quantitative estimate of drug-likeness (QED) is 0.864. The Bertz CT molecular complexity index is 815. The Morgan fingerprint density at radius 2 is 1.62 bits per heavy atom. The molecule has 0 unspecified atom stereocenters. The number of likely N-dealkylation sites (tertiary alicyclic amines) is 1. The Balaban J connectivity index is 1.54. The van der Waals surface area contributed by atoms with E-state index in [1.54, 1.807) is 12.1 Å². The minimum atomic E-state index is -0.887. The van der Waals surface area contributed by atoms with Crippen LogP contribution in [0.4, 0.5) is 14.9 Å². The minimum Gasteiger partial charge on any atom is -0.299 e. The highest BCUT2D eigenvalue weighted by molar-refractivity contribution is 6.17. The van der Waals surface area contributed by atoms with Gasteiger partial charge in [-0.2, -0.15) is 0 Å². The third kappa shape index (κ3) is 2.86. The van der Waals surface area contributed by atoms with Crippen LogP contribution in [0.15, 0.2) is 54.6 Å². The Morgan fingerprint density at radius 3 is 2.27 bits per heavy atom. The number of benzene rings is 2. The summed E-state index contributed by atoms with van der Waals surface area (Å²) in [5, 5.41) is 2.44. The third-order valence-electron chi connectivity index (χ3n) is 5.29. The lowest BCUT2D eigenvalue weighted by molar-refractivity contribution is -0.124. The first-order valence-corrected chi connectivity index (χ1v) is 8.76. The first kappa shape index (κ1) is 16.7. The van der Waals surface area contributed by atoms with Gasteiger partial charge in [-0.25, -0.2) is 9.18 Å². The van der Waals surface area contributed by atoms with Crippen molar-refractivity contribution in [3.63, 3.8) is 0 Å². The van der Waals surface area contributed by atoms with Crippen LogP contribution in [0.5, 0.6) is 0 Å². The number of hydrogen-bond donors (Lipinski definition) is 1. The van der Waals surface area contributed by atoms with Gasteiger partial charge in [0, 0.05) is 25.3 Å². The molecular formula is C20H20FN3O2. The molecule has 0 radical (unpaired) electrons. The number of anilines is 1. The van der Waals surface area contributed by atoms with Crippen LogP contribution in [0.25, 0.3) is 0 Å².